The van der Waals surface area contributed by atoms with Crippen molar-refractivity contribution in [2.45, 2.75) is 12.2 Å². The van der Waals surface area contributed by atoms with Crippen molar-refractivity contribution in [2.24, 2.45) is 11.5 Å². The van der Waals surface area contributed by atoms with Crippen molar-refractivity contribution in [2.75, 3.05) is 6.54 Å². The fourth-order valence-electron chi connectivity index (χ4n) is 0.265. The normalized spacial score (nSPS) is 13.2. The molecule has 0 aromatic heterocycles. The van der Waals surface area contributed by atoms with Crippen molar-refractivity contribution in [3.8, 4) is 0 Å². The van der Waals surface area contributed by atoms with Crippen molar-refractivity contribution in [1.29, 1.82) is 5.41 Å². The van der Waals surface area contributed by atoms with E-state index in [0.29, 0.717) is 6.54 Å². The molecule has 0 radical (unpaired) electrons. The van der Waals surface area contributed by atoms with Crippen LogP contribution in [-0.4, -0.2) is 17.0 Å². The molecule has 3 nitrogen and oxygen atoms in total. The Kier molecular flexibility index (Phi) is 3.64. The van der Waals surface area contributed by atoms with Gasteiger partial charge in [-0.15, -0.1) is 0 Å². The smallest absolute Gasteiger partial charge is 0.151 e. The molecule has 0 rings (SSSR count). The minimum atomic E-state index is 0.142. The first-order valence-corrected chi connectivity index (χ1v) is 3.25. The van der Waals surface area contributed by atoms with Gasteiger partial charge in [0.05, 0.1) is 0 Å². The standard InChI is InChI=1S/C4H11N3S/c1-3(2-5)8-4(6)7/h3H,2,5H2,1H3,(H3,6,7). The van der Waals surface area contributed by atoms with Gasteiger partial charge in [0.15, 0.2) is 5.17 Å². The van der Waals surface area contributed by atoms with Gasteiger partial charge >= 0.3 is 0 Å². The highest BCUT2D eigenvalue weighted by Crippen LogP contribution is 2.05. The summed E-state index contributed by atoms with van der Waals surface area (Å²) >= 11 is 1.29. The molecule has 0 aliphatic rings. The monoisotopic (exact) mass is 133 g/mol. The number of rotatable bonds is 2. The summed E-state index contributed by atoms with van der Waals surface area (Å²) in [6.07, 6.45) is 0. The van der Waals surface area contributed by atoms with Crippen molar-refractivity contribution in [3.05, 3.63) is 0 Å². The first-order chi connectivity index (χ1) is 3.66. The van der Waals surface area contributed by atoms with Crippen molar-refractivity contribution >= 4 is 16.9 Å². The second-order valence-corrected chi connectivity index (χ2v) is 3.01. The molecule has 0 spiro atoms. The predicted molar refractivity (Wildman–Crippen MR) is 38.0 cm³/mol. The summed E-state index contributed by atoms with van der Waals surface area (Å²) in [7, 11) is 0. The molecule has 0 aromatic rings. The molecule has 5 N–H and O–H groups in total. The third-order valence-corrected chi connectivity index (χ3v) is 1.51. The van der Waals surface area contributed by atoms with Crippen molar-refractivity contribution < 1.29 is 0 Å². The second-order valence-electron chi connectivity index (χ2n) is 1.53. The lowest BCUT2D eigenvalue weighted by Crippen LogP contribution is -2.17. The van der Waals surface area contributed by atoms with Crippen LogP contribution in [0.15, 0.2) is 0 Å². The Balaban J connectivity index is 3.24. The highest BCUT2D eigenvalue weighted by atomic mass is 32.2. The van der Waals surface area contributed by atoms with E-state index in [-0.39, 0.29) is 10.4 Å². The molecule has 8 heavy (non-hydrogen) atoms. The van der Waals surface area contributed by atoms with Crippen molar-refractivity contribution in [1.82, 2.24) is 0 Å². The fraction of sp³-hybridized carbons (Fsp3) is 0.750. The molecular weight excluding hydrogens is 122 g/mol. The van der Waals surface area contributed by atoms with Gasteiger partial charge in [0.1, 0.15) is 0 Å². The summed E-state index contributed by atoms with van der Waals surface area (Å²) in [5, 5.41) is 7.23. The minimum Gasteiger partial charge on any atom is -0.379 e. The number of nitrogens with two attached hydrogens (primary N) is 2. The Labute approximate surface area is 53.3 Å². The van der Waals surface area contributed by atoms with Crippen LogP contribution >= 0.6 is 11.8 Å². The van der Waals surface area contributed by atoms with Crippen LogP contribution in [0.3, 0.4) is 0 Å². The average Bonchev–Trinajstić information content (AvgIpc) is 1.65. The molecule has 0 saturated carbocycles. The zero-order valence-electron chi connectivity index (χ0n) is 4.85. The summed E-state index contributed by atoms with van der Waals surface area (Å²) in [6, 6.07) is 0. The first kappa shape index (κ1) is 7.78. The van der Waals surface area contributed by atoms with Crippen LogP contribution in [0.2, 0.25) is 0 Å². The third-order valence-electron chi connectivity index (χ3n) is 0.660. The first-order valence-electron chi connectivity index (χ1n) is 2.37. The van der Waals surface area contributed by atoms with E-state index in [1.165, 1.54) is 11.8 Å². The van der Waals surface area contributed by atoms with Crippen LogP contribution in [0.25, 0.3) is 0 Å². The second kappa shape index (κ2) is 3.74. The Morgan fingerprint density at radius 2 is 2.38 bits per heavy atom. The van der Waals surface area contributed by atoms with Gasteiger partial charge in [-0.25, -0.2) is 0 Å². The predicted octanol–water partition coefficient (Wildman–Crippen LogP) is -0.0397. The topological polar surface area (TPSA) is 75.9 Å². The summed E-state index contributed by atoms with van der Waals surface area (Å²) in [6.45, 7) is 2.51. The van der Waals surface area contributed by atoms with Crippen molar-refractivity contribution in [3.63, 3.8) is 0 Å². The number of hydrogen-bond acceptors (Lipinski definition) is 3. The number of nitrogens with one attached hydrogen (secondary N) is 1. The number of hydrogen-bond donors (Lipinski definition) is 3. The SMILES string of the molecule is CC(CN)SC(=N)N. The van der Waals surface area contributed by atoms with E-state index in [4.69, 9.17) is 16.9 Å². The van der Waals surface area contributed by atoms with Gasteiger partial charge in [-0.1, -0.05) is 18.7 Å². The zero-order valence-corrected chi connectivity index (χ0v) is 5.66. The molecule has 0 fully saturated rings. The maximum absolute atomic E-state index is 6.81. The van der Waals surface area contributed by atoms with E-state index in [1.807, 2.05) is 6.92 Å². The lowest BCUT2D eigenvalue weighted by molar-refractivity contribution is 0.956. The highest BCUT2D eigenvalue weighted by molar-refractivity contribution is 8.14. The third kappa shape index (κ3) is 3.95. The molecular formula is C4H11N3S. The lowest BCUT2D eigenvalue weighted by Gasteiger charge is -2.03. The van der Waals surface area contributed by atoms with Gasteiger partial charge in [-0.3, -0.25) is 5.41 Å². The maximum atomic E-state index is 6.81. The van der Waals surface area contributed by atoms with Gasteiger partial charge in [-0.2, -0.15) is 0 Å². The van der Waals surface area contributed by atoms with E-state index in [1.54, 1.807) is 0 Å². The average molecular weight is 133 g/mol. The van der Waals surface area contributed by atoms with Crippen LogP contribution in [0.1, 0.15) is 6.92 Å². The van der Waals surface area contributed by atoms with E-state index in [2.05, 4.69) is 0 Å². The van der Waals surface area contributed by atoms with E-state index in [0.717, 1.165) is 0 Å². The number of thioether (sulfide) groups is 1. The van der Waals surface area contributed by atoms with Crippen LogP contribution < -0.4 is 11.5 Å². The molecule has 0 aliphatic heterocycles. The van der Waals surface area contributed by atoms with Gasteiger partial charge in [-0.05, 0) is 0 Å². The van der Waals surface area contributed by atoms with Crippen LogP contribution in [-0.2, 0) is 0 Å². The van der Waals surface area contributed by atoms with Crippen LogP contribution in [0.5, 0.6) is 0 Å². The molecule has 0 saturated heterocycles. The molecule has 1 atom stereocenters. The molecule has 0 bridgehead atoms. The van der Waals surface area contributed by atoms with E-state index < -0.39 is 0 Å². The Morgan fingerprint density at radius 3 is 2.50 bits per heavy atom. The van der Waals surface area contributed by atoms with Crippen LogP contribution in [0, 0.1) is 5.41 Å². The molecule has 1 unspecified atom stereocenters. The number of amidine groups is 1. The largest absolute Gasteiger partial charge is 0.379 e. The van der Waals surface area contributed by atoms with Gasteiger partial charge in [0, 0.05) is 11.8 Å². The Hall–Kier alpha value is -0.220. The van der Waals surface area contributed by atoms with E-state index in [9.17, 15) is 0 Å². The zero-order chi connectivity index (χ0) is 6.57. The van der Waals surface area contributed by atoms with Gasteiger partial charge < -0.3 is 11.5 Å². The minimum absolute atomic E-state index is 0.142. The summed E-state index contributed by atoms with van der Waals surface area (Å²) < 4.78 is 0. The molecule has 0 aliphatic carbocycles. The summed E-state index contributed by atoms with van der Waals surface area (Å²) in [5.41, 5.74) is 10.3. The molecule has 0 amide bonds. The quantitative estimate of drug-likeness (QED) is 0.365. The Bertz CT molecular complexity index is 83.4. The summed E-state index contributed by atoms with van der Waals surface area (Å²) in [5.74, 6) is 0. The van der Waals surface area contributed by atoms with Gasteiger partial charge in [0.2, 0.25) is 0 Å². The molecule has 0 aromatic carbocycles. The molecule has 48 valence electrons. The van der Waals surface area contributed by atoms with E-state index >= 15 is 0 Å². The molecule has 0 heterocycles. The van der Waals surface area contributed by atoms with Gasteiger partial charge in [0.25, 0.3) is 0 Å². The highest BCUT2D eigenvalue weighted by Gasteiger charge is 1.98. The fourth-order valence-corrected chi connectivity index (χ4v) is 0.795. The van der Waals surface area contributed by atoms with Crippen LogP contribution in [0.4, 0.5) is 0 Å². The maximum Gasteiger partial charge on any atom is 0.151 e. The molecule has 4 heteroatoms. The lowest BCUT2D eigenvalue weighted by atomic mass is 10.5. The summed E-state index contributed by atoms with van der Waals surface area (Å²) in [4.78, 5) is 0. The Morgan fingerprint density at radius 1 is 1.88 bits per heavy atom.